The number of benzene rings is 1. The van der Waals surface area contributed by atoms with Gasteiger partial charge in [0.2, 0.25) is 0 Å². The van der Waals surface area contributed by atoms with Crippen LogP contribution in [0.5, 0.6) is 0 Å². The molecule has 0 unspecified atom stereocenters. The van der Waals surface area contributed by atoms with Gasteiger partial charge in [0.05, 0.1) is 49.0 Å². The molecule has 0 aliphatic carbocycles. The number of carbonyl (C=O) groups excluding carboxylic acids is 1. The van der Waals surface area contributed by atoms with Gasteiger partial charge in [-0.15, -0.1) is 0 Å². The van der Waals surface area contributed by atoms with E-state index in [-0.39, 0.29) is 24.7 Å². The zero-order valence-corrected chi connectivity index (χ0v) is 13.2. The smallest absolute Gasteiger partial charge is 0.256 e. The van der Waals surface area contributed by atoms with Crippen molar-refractivity contribution in [2.75, 3.05) is 19.8 Å². The number of rotatable bonds is 3. The van der Waals surface area contributed by atoms with Crippen molar-refractivity contribution in [1.82, 2.24) is 19.9 Å². The molecule has 7 nitrogen and oxygen atoms in total. The average molecular weight is 316 g/mol. The third-order valence-corrected chi connectivity index (χ3v) is 3.99. The minimum absolute atomic E-state index is 0.0516. The number of aliphatic hydroxyl groups excluding tert-OH is 1. The fourth-order valence-electron chi connectivity index (χ4n) is 2.70. The molecule has 0 bridgehead atoms. The lowest BCUT2D eigenvalue weighted by atomic mass is 10.1. The van der Waals surface area contributed by atoms with E-state index in [4.69, 9.17) is 4.74 Å². The van der Waals surface area contributed by atoms with Gasteiger partial charge in [-0.2, -0.15) is 15.0 Å². The molecular formula is C16H20N4O3. The number of carbonyl (C=O) groups is 1. The lowest BCUT2D eigenvalue weighted by Gasteiger charge is -2.37. The van der Waals surface area contributed by atoms with E-state index in [1.165, 1.54) is 4.80 Å². The Morgan fingerprint density at radius 3 is 2.83 bits per heavy atom. The summed E-state index contributed by atoms with van der Waals surface area (Å²) in [6.45, 7) is 4.57. The molecule has 1 aromatic carbocycles. The van der Waals surface area contributed by atoms with Crippen LogP contribution in [0.4, 0.5) is 0 Å². The molecule has 2 heterocycles. The van der Waals surface area contributed by atoms with E-state index in [1.54, 1.807) is 17.3 Å². The van der Waals surface area contributed by atoms with E-state index in [2.05, 4.69) is 10.2 Å². The van der Waals surface area contributed by atoms with Gasteiger partial charge < -0.3 is 14.7 Å². The Kier molecular flexibility index (Phi) is 4.40. The van der Waals surface area contributed by atoms with Gasteiger partial charge in [-0.1, -0.05) is 11.6 Å². The van der Waals surface area contributed by atoms with E-state index in [0.29, 0.717) is 24.4 Å². The van der Waals surface area contributed by atoms with E-state index in [9.17, 15) is 9.90 Å². The molecule has 7 heteroatoms. The molecule has 1 amide bonds. The van der Waals surface area contributed by atoms with Crippen LogP contribution in [0.25, 0.3) is 5.69 Å². The predicted molar refractivity (Wildman–Crippen MR) is 83.4 cm³/mol. The number of morpholine rings is 1. The van der Waals surface area contributed by atoms with Crippen molar-refractivity contribution in [2.45, 2.75) is 26.0 Å². The minimum atomic E-state index is -0.341. The lowest BCUT2D eigenvalue weighted by Crippen LogP contribution is -2.52. The SMILES string of the molecule is Cc1ccc(-n2nccn2)c(C(=O)N2C[C@@H](CO)OC[C@@H]2C)c1. The average Bonchev–Trinajstić information content (AvgIpc) is 3.09. The predicted octanol–water partition coefficient (Wildman–Crippen LogP) is 0.798. The van der Waals surface area contributed by atoms with Crippen LogP contribution in [0.3, 0.4) is 0 Å². The molecule has 0 radical (unpaired) electrons. The summed E-state index contributed by atoms with van der Waals surface area (Å²) < 4.78 is 5.51. The Morgan fingerprint density at radius 1 is 1.39 bits per heavy atom. The molecule has 1 saturated heterocycles. The second-order valence-electron chi connectivity index (χ2n) is 5.78. The topological polar surface area (TPSA) is 80.5 Å². The van der Waals surface area contributed by atoms with Gasteiger partial charge in [0, 0.05) is 6.54 Å². The van der Waals surface area contributed by atoms with Gasteiger partial charge in [-0.25, -0.2) is 0 Å². The Balaban J connectivity index is 1.97. The first kappa shape index (κ1) is 15.6. The molecule has 23 heavy (non-hydrogen) atoms. The number of hydrogen-bond donors (Lipinski definition) is 1. The largest absolute Gasteiger partial charge is 0.394 e. The number of amides is 1. The zero-order valence-electron chi connectivity index (χ0n) is 13.2. The minimum Gasteiger partial charge on any atom is -0.394 e. The zero-order chi connectivity index (χ0) is 16.4. The summed E-state index contributed by atoms with van der Waals surface area (Å²) in [5.41, 5.74) is 2.18. The fraction of sp³-hybridized carbons (Fsp3) is 0.438. The first-order valence-electron chi connectivity index (χ1n) is 7.61. The molecule has 1 aliphatic heterocycles. The summed E-state index contributed by atoms with van der Waals surface area (Å²) >= 11 is 0. The van der Waals surface area contributed by atoms with Crippen molar-refractivity contribution in [3.05, 3.63) is 41.7 Å². The quantitative estimate of drug-likeness (QED) is 0.906. The van der Waals surface area contributed by atoms with Crippen molar-refractivity contribution in [3.63, 3.8) is 0 Å². The summed E-state index contributed by atoms with van der Waals surface area (Å²) in [6, 6.07) is 5.56. The van der Waals surface area contributed by atoms with Crippen molar-refractivity contribution in [2.24, 2.45) is 0 Å². The molecule has 2 aromatic rings. The third-order valence-electron chi connectivity index (χ3n) is 3.99. The third kappa shape index (κ3) is 3.11. The first-order chi connectivity index (χ1) is 11.1. The molecule has 122 valence electrons. The van der Waals surface area contributed by atoms with Gasteiger partial charge in [-0.05, 0) is 26.0 Å². The Morgan fingerprint density at radius 2 is 2.13 bits per heavy atom. The molecule has 2 atom stereocenters. The lowest BCUT2D eigenvalue weighted by molar-refractivity contribution is -0.0667. The molecule has 1 fully saturated rings. The number of ether oxygens (including phenoxy) is 1. The molecule has 1 N–H and O–H groups in total. The number of aryl methyl sites for hydroxylation is 1. The van der Waals surface area contributed by atoms with Gasteiger partial charge in [0.1, 0.15) is 0 Å². The van der Waals surface area contributed by atoms with Crippen molar-refractivity contribution in [1.29, 1.82) is 0 Å². The van der Waals surface area contributed by atoms with Crippen LogP contribution in [-0.4, -0.2) is 62.8 Å². The molecule has 0 spiro atoms. The summed E-state index contributed by atoms with van der Waals surface area (Å²) in [5, 5.41) is 17.6. The number of hydrogen-bond acceptors (Lipinski definition) is 5. The monoisotopic (exact) mass is 316 g/mol. The fourth-order valence-corrected chi connectivity index (χ4v) is 2.70. The van der Waals surface area contributed by atoms with Crippen molar-refractivity contribution < 1.29 is 14.6 Å². The van der Waals surface area contributed by atoms with E-state index >= 15 is 0 Å². The van der Waals surface area contributed by atoms with Crippen LogP contribution >= 0.6 is 0 Å². The van der Waals surface area contributed by atoms with Crippen molar-refractivity contribution in [3.8, 4) is 5.69 Å². The summed E-state index contributed by atoms with van der Waals surface area (Å²) in [5.74, 6) is -0.102. The van der Waals surface area contributed by atoms with Crippen LogP contribution in [-0.2, 0) is 4.74 Å². The van der Waals surface area contributed by atoms with Gasteiger partial charge in [-0.3, -0.25) is 4.79 Å². The van der Waals surface area contributed by atoms with Crippen LogP contribution in [0.2, 0.25) is 0 Å². The van der Waals surface area contributed by atoms with Crippen LogP contribution in [0.15, 0.2) is 30.6 Å². The highest BCUT2D eigenvalue weighted by molar-refractivity contribution is 5.98. The molecule has 1 aliphatic rings. The van der Waals surface area contributed by atoms with Crippen LogP contribution in [0, 0.1) is 6.92 Å². The summed E-state index contributed by atoms with van der Waals surface area (Å²) in [7, 11) is 0. The van der Waals surface area contributed by atoms with E-state index in [1.807, 2.05) is 32.0 Å². The van der Waals surface area contributed by atoms with E-state index < -0.39 is 0 Å². The van der Waals surface area contributed by atoms with Gasteiger partial charge in [0.25, 0.3) is 5.91 Å². The summed E-state index contributed by atoms with van der Waals surface area (Å²) in [4.78, 5) is 16.2. The second kappa shape index (κ2) is 6.47. The van der Waals surface area contributed by atoms with Crippen LogP contribution in [0.1, 0.15) is 22.8 Å². The standard InChI is InChI=1S/C16H20N4O3/c1-11-3-4-15(20-17-5-6-18-20)14(7-11)16(22)19-8-13(9-21)23-10-12(19)2/h3-7,12-13,21H,8-10H2,1-2H3/t12-,13-/m0/s1. The molecule has 1 aromatic heterocycles. The molecule has 0 saturated carbocycles. The van der Waals surface area contributed by atoms with Crippen LogP contribution < -0.4 is 0 Å². The molecular weight excluding hydrogens is 296 g/mol. The Hall–Kier alpha value is -2.25. The highest BCUT2D eigenvalue weighted by Gasteiger charge is 2.31. The second-order valence-corrected chi connectivity index (χ2v) is 5.78. The maximum atomic E-state index is 13.1. The van der Waals surface area contributed by atoms with Gasteiger partial charge >= 0.3 is 0 Å². The maximum absolute atomic E-state index is 13.1. The van der Waals surface area contributed by atoms with Gasteiger partial charge in [0.15, 0.2) is 0 Å². The number of nitrogens with zero attached hydrogens (tertiary/aromatic N) is 4. The molecule has 3 rings (SSSR count). The normalized spacial score (nSPS) is 21.4. The highest BCUT2D eigenvalue weighted by Crippen LogP contribution is 2.21. The number of aliphatic hydroxyl groups is 1. The first-order valence-corrected chi connectivity index (χ1v) is 7.61. The maximum Gasteiger partial charge on any atom is 0.256 e. The van der Waals surface area contributed by atoms with Crippen molar-refractivity contribution >= 4 is 5.91 Å². The summed E-state index contributed by atoms with van der Waals surface area (Å²) in [6.07, 6.45) is 2.81. The Bertz CT molecular complexity index is 687. The highest BCUT2D eigenvalue weighted by atomic mass is 16.5. The Labute approximate surface area is 134 Å². The van der Waals surface area contributed by atoms with E-state index in [0.717, 1.165) is 5.56 Å². The number of aromatic nitrogens is 3.